The Morgan fingerprint density at radius 3 is 2.50 bits per heavy atom. The second-order valence-corrected chi connectivity index (χ2v) is 7.00. The summed E-state index contributed by atoms with van der Waals surface area (Å²) in [5.41, 5.74) is 0.742. The van der Waals surface area contributed by atoms with E-state index in [0.717, 1.165) is 50.3 Å². The van der Waals surface area contributed by atoms with Crippen LogP contribution < -0.4 is 4.74 Å². The molecule has 0 spiro atoms. The van der Waals surface area contributed by atoms with Gasteiger partial charge in [-0.15, -0.1) is 0 Å². The van der Waals surface area contributed by atoms with Gasteiger partial charge < -0.3 is 14.4 Å². The van der Waals surface area contributed by atoms with Crippen LogP contribution >= 0.6 is 0 Å². The molecule has 1 aromatic carbocycles. The number of ether oxygens (including phenoxy) is 2. The molecule has 0 radical (unpaired) electrons. The Bertz CT molecular complexity index is 550. The average Bonchev–Trinajstić information content (AvgIpc) is 3.01. The summed E-state index contributed by atoms with van der Waals surface area (Å²) in [5.74, 6) is 0.912. The number of morpholine rings is 1. The fourth-order valence-corrected chi connectivity index (χ4v) is 3.92. The van der Waals surface area contributed by atoms with E-state index < -0.39 is 0 Å². The molecule has 2 aliphatic rings. The van der Waals surface area contributed by atoms with Crippen LogP contribution in [0.3, 0.4) is 0 Å². The molecular weight excluding hydrogens is 304 g/mol. The molecule has 5 heteroatoms. The molecule has 2 saturated heterocycles. The number of likely N-dealkylation sites (tertiary alicyclic amines) is 1. The summed E-state index contributed by atoms with van der Waals surface area (Å²) in [7, 11) is 1.64. The zero-order chi connectivity index (χ0) is 17.1. The lowest BCUT2D eigenvalue weighted by molar-refractivity contribution is -0.0715. The van der Waals surface area contributed by atoms with Crippen LogP contribution in [0.4, 0.5) is 0 Å². The number of methoxy groups -OCH3 is 1. The summed E-state index contributed by atoms with van der Waals surface area (Å²) in [6.45, 7) is 7.94. The molecule has 1 aromatic rings. The van der Waals surface area contributed by atoms with Gasteiger partial charge >= 0.3 is 0 Å². The highest BCUT2D eigenvalue weighted by Crippen LogP contribution is 2.23. The minimum Gasteiger partial charge on any atom is -0.497 e. The number of rotatable bonds is 4. The van der Waals surface area contributed by atoms with Gasteiger partial charge in [0.2, 0.25) is 0 Å². The highest BCUT2D eigenvalue weighted by molar-refractivity contribution is 5.94. The molecule has 0 unspecified atom stereocenters. The number of carbonyl (C=O) groups is 1. The maximum atomic E-state index is 12.9. The van der Waals surface area contributed by atoms with Gasteiger partial charge in [-0.3, -0.25) is 9.69 Å². The van der Waals surface area contributed by atoms with Crippen molar-refractivity contribution in [3.63, 3.8) is 0 Å². The summed E-state index contributed by atoms with van der Waals surface area (Å²) < 4.78 is 11.0. The fraction of sp³-hybridized carbons (Fsp3) is 0.632. The number of hydrogen-bond acceptors (Lipinski definition) is 4. The topological polar surface area (TPSA) is 42.0 Å². The van der Waals surface area contributed by atoms with Crippen molar-refractivity contribution in [2.45, 2.75) is 44.9 Å². The van der Waals surface area contributed by atoms with E-state index in [-0.39, 0.29) is 18.1 Å². The van der Waals surface area contributed by atoms with Crippen LogP contribution in [0.2, 0.25) is 0 Å². The SMILES string of the molecule is COc1ccc(C(=O)N2CCC[C@@H]2CN2C[C@@H](C)O[C@H](C)C2)cc1. The Morgan fingerprint density at radius 2 is 1.88 bits per heavy atom. The predicted octanol–water partition coefficient (Wildman–Crippen LogP) is 2.41. The van der Waals surface area contributed by atoms with Crippen LogP contribution in [0.15, 0.2) is 24.3 Å². The van der Waals surface area contributed by atoms with Crippen molar-refractivity contribution in [3.05, 3.63) is 29.8 Å². The number of benzene rings is 1. The first-order chi connectivity index (χ1) is 11.6. The van der Waals surface area contributed by atoms with Gasteiger partial charge in [0.05, 0.1) is 19.3 Å². The van der Waals surface area contributed by atoms with Gasteiger partial charge in [0.25, 0.3) is 5.91 Å². The first-order valence-electron chi connectivity index (χ1n) is 8.89. The van der Waals surface area contributed by atoms with Crippen molar-refractivity contribution < 1.29 is 14.3 Å². The minimum atomic E-state index is 0.134. The molecule has 0 aliphatic carbocycles. The molecule has 3 atom stereocenters. The maximum absolute atomic E-state index is 12.9. The van der Waals surface area contributed by atoms with E-state index in [2.05, 4.69) is 18.7 Å². The Kier molecular flexibility index (Phi) is 5.41. The highest BCUT2D eigenvalue weighted by Gasteiger charge is 2.32. The zero-order valence-electron chi connectivity index (χ0n) is 14.9. The van der Waals surface area contributed by atoms with Gasteiger partial charge in [-0.25, -0.2) is 0 Å². The van der Waals surface area contributed by atoms with Gasteiger partial charge in [-0.1, -0.05) is 0 Å². The summed E-state index contributed by atoms with van der Waals surface area (Å²) >= 11 is 0. The molecule has 2 aliphatic heterocycles. The third-order valence-electron chi connectivity index (χ3n) is 4.94. The van der Waals surface area contributed by atoms with E-state index in [0.29, 0.717) is 6.04 Å². The molecule has 0 saturated carbocycles. The molecule has 1 amide bonds. The minimum absolute atomic E-state index is 0.134. The second-order valence-electron chi connectivity index (χ2n) is 7.00. The predicted molar refractivity (Wildman–Crippen MR) is 93.5 cm³/mol. The largest absolute Gasteiger partial charge is 0.497 e. The molecular formula is C19H28N2O3. The maximum Gasteiger partial charge on any atom is 0.254 e. The van der Waals surface area contributed by atoms with Crippen LogP contribution in [0.5, 0.6) is 5.75 Å². The molecule has 132 valence electrons. The second kappa shape index (κ2) is 7.53. The van der Waals surface area contributed by atoms with E-state index in [4.69, 9.17) is 9.47 Å². The quantitative estimate of drug-likeness (QED) is 0.849. The number of hydrogen-bond donors (Lipinski definition) is 0. The standard InChI is InChI=1S/C19H28N2O3/c1-14-11-20(12-15(2)24-14)13-17-5-4-10-21(17)19(22)16-6-8-18(23-3)9-7-16/h6-9,14-15,17H,4-5,10-13H2,1-3H3/t14-,15-,17-/m1/s1. The van der Waals surface area contributed by atoms with Gasteiger partial charge in [0.1, 0.15) is 5.75 Å². The van der Waals surface area contributed by atoms with E-state index in [1.807, 2.05) is 29.2 Å². The van der Waals surface area contributed by atoms with Crippen molar-refractivity contribution >= 4 is 5.91 Å². The number of carbonyl (C=O) groups excluding carboxylic acids is 1. The third-order valence-corrected chi connectivity index (χ3v) is 4.94. The van der Waals surface area contributed by atoms with Crippen molar-refractivity contribution in [1.82, 2.24) is 9.80 Å². The smallest absolute Gasteiger partial charge is 0.254 e. The highest BCUT2D eigenvalue weighted by atomic mass is 16.5. The molecule has 0 aromatic heterocycles. The molecule has 5 nitrogen and oxygen atoms in total. The van der Waals surface area contributed by atoms with E-state index in [9.17, 15) is 4.79 Å². The fourth-order valence-electron chi connectivity index (χ4n) is 3.92. The molecule has 3 rings (SSSR count). The summed E-state index contributed by atoms with van der Waals surface area (Å²) in [6, 6.07) is 7.72. The van der Waals surface area contributed by atoms with Crippen LogP contribution in [0, 0.1) is 0 Å². The van der Waals surface area contributed by atoms with Gasteiger partial charge in [-0.2, -0.15) is 0 Å². The Morgan fingerprint density at radius 1 is 1.21 bits per heavy atom. The normalized spacial score (nSPS) is 28.1. The average molecular weight is 332 g/mol. The van der Waals surface area contributed by atoms with Gasteiger partial charge in [0, 0.05) is 37.8 Å². The van der Waals surface area contributed by atoms with E-state index in [1.54, 1.807) is 7.11 Å². The van der Waals surface area contributed by atoms with Crippen LogP contribution in [-0.4, -0.2) is 67.2 Å². The van der Waals surface area contributed by atoms with Crippen molar-refractivity contribution in [3.8, 4) is 5.75 Å². The Balaban J connectivity index is 1.64. The lowest BCUT2D eigenvalue weighted by atomic mass is 10.1. The first-order valence-corrected chi connectivity index (χ1v) is 8.89. The molecule has 24 heavy (non-hydrogen) atoms. The lowest BCUT2D eigenvalue weighted by Gasteiger charge is -2.38. The van der Waals surface area contributed by atoms with Gasteiger partial charge in [0.15, 0.2) is 0 Å². The Labute approximate surface area is 144 Å². The zero-order valence-corrected chi connectivity index (χ0v) is 14.9. The number of amides is 1. The molecule has 2 heterocycles. The Hall–Kier alpha value is -1.59. The van der Waals surface area contributed by atoms with Gasteiger partial charge in [-0.05, 0) is 51.0 Å². The van der Waals surface area contributed by atoms with E-state index >= 15 is 0 Å². The lowest BCUT2D eigenvalue weighted by Crippen LogP contribution is -2.50. The van der Waals surface area contributed by atoms with Crippen LogP contribution in [0.1, 0.15) is 37.0 Å². The van der Waals surface area contributed by atoms with Crippen molar-refractivity contribution in [2.75, 3.05) is 33.3 Å². The third kappa shape index (κ3) is 3.90. The van der Waals surface area contributed by atoms with Crippen molar-refractivity contribution in [1.29, 1.82) is 0 Å². The van der Waals surface area contributed by atoms with Crippen molar-refractivity contribution in [2.24, 2.45) is 0 Å². The molecule has 0 N–H and O–H groups in total. The molecule has 0 bridgehead atoms. The number of nitrogens with zero attached hydrogens (tertiary/aromatic N) is 2. The molecule has 2 fully saturated rings. The first kappa shape index (κ1) is 17.2. The summed E-state index contributed by atoms with van der Waals surface area (Å²) in [4.78, 5) is 17.4. The summed E-state index contributed by atoms with van der Waals surface area (Å²) in [5, 5.41) is 0. The van der Waals surface area contributed by atoms with E-state index in [1.165, 1.54) is 0 Å². The summed E-state index contributed by atoms with van der Waals surface area (Å²) in [6.07, 6.45) is 2.70. The van der Waals surface area contributed by atoms with Crippen LogP contribution in [0.25, 0.3) is 0 Å². The monoisotopic (exact) mass is 332 g/mol. The van der Waals surface area contributed by atoms with Crippen LogP contribution in [-0.2, 0) is 4.74 Å².